The lowest BCUT2D eigenvalue weighted by Crippen LogP contribution is -2.59. The van der Waals surface area contributed by atoms with Crippen LogP contribution in [0.1, 0.15) is 0 Å². The predicted octanol–water partition coefficient (Wildman–Crippen LogP) is 3.45. The molecular formula is C6HF11O. The second-order valence-corrected chi connectivity index (χ2v) is 3.35. The van der Waals surface area contributed by atoms with E-state index < -0.39 is 36.2 Å². The molecule has 0 amide bonds. The van der Waals surface area contributed by atoms with E-state index in [1.54, 1.807) is 0 Å². The van der Waals surface area contributed by atoms with E-state index in [0.717, 1.165) is 0 Å². The monoisotopic (exact) mass is 298 g/mol. The summed E-state index contributed by atoms with van der Waals surface area (Å²) in [5.41, 5.74) is -5.61. The van der Waals surface area contributed by atoms with E-state index in [-0.39, 0.29) is 0 Å². The molecule has 0 aromatic rings. The topological polar surface area (TPSA) is 12.5 Å². The molecule has 1 aliphatic heterocycles. The molecule has 1 fully saturated rings. The van der Waals surface area contributed by atoms with Crippen molar-refractivity contribution in [3.63, 3.8) is 0 Å². The van der Waals surface area contributed by atoms with Gasteiger partial charge in [-0.2, -0.15) is 48.3 Å². The minimum Gasteiger partial charge on any atom is -0.341 e. The highest BCUT2D eigenvalue weighted by Crippen LogP contribution is 2.65. The van der Waals surface area contributed by atoms with Gasteiger partial charge in [0.25, 0.3) is 5.60 Å². The van der Waals surface area contributed by atoms with Crippen LogP contribution in [0, 0.1) is 0 Å². The molecule has 0 radical (unpaired) electrons. The van der Waals surface area contributed by atoms with Gasteiger partial charge in [-0.1, -0.05) is 0 Å². The van der Waals surface area contributed by atoms with E-state index in [0.29, 0.717) is 0 Å². The summed E-state index contributed by atoms with van der Waals surface area (Å²) in [6, 6.07) is 0. The smallest absolute Gasteiger partial charge is 0.341 e. The fraction of sp³-hybridized carbons (Fsp3) is 1.00. The highest BCUT2D eigenvalue weighted by atomic mass is 19.4. The molecule has 1 rings (SSSR count). The van der Waals surface area contributed by atoms with Gasteiger partial charge in [0.05, 0.1) is 0 Å². The van der Waals surface area contributed by atoms with Gasteiger partial charge in [-0.15, -0.1) is 0 Å². The molecule has 0 spiro atoms. The van der Waals surface area contributed by atoms with Crippen LogP contribution in [0.2, 0.25) is 0 Å². The zero-order chi connectivity index (χ0) is 14.8. The van der Waals surface area contributed by atoms with Crippen LogP contribution < -0.4 is 0 Å². The molecule has 1 aliphatic rings. The SMILES string of the molecule is FC(F)(F)C1OC1(C(F)(F)F)C(F)(F)C(F)(F)F. The lowest BCUT2D eigenvalue weighted by Gasteiger charge is -2.28. The fourth-order valence-corrected chi connectivity index (χ4v) is 1.29. The van der Waals surface area contributed by atoms with Gasteiger partial charge >= 0.3 is 24.5 Å². The zero-order valence-electron chi connectivity index (χ0n) is 7.64. The summed E-state index contributed by atoms with van der Waals surface area (Å²) in [7, 11) is 0. The van der Waals surface area contributed by atoms with Crippen molar-refractivity contribution in [3.8, 4) is 0 Å². The van der Waals surface area contributed by atoms with Gasteiger partial charge in [0.15, 0.2) is 6.10 Å². The van der Waals surface area contributed by atoms with Crippen LogP contribution in [0.25, 0.3) is 0 Å². The largest absolute Gasteiger partial charge is 0.456 e. The van der Waals surface area contributed by atoms with Crippen molar-refractivity contribution in [1.29, 1.82) is 0 Å². The average Bonchev–Trinajstić information content (AvgIpc) is 2.72. The Labute approximate surface area is 90.5 Å². The number of rotatable bonds is 1. The van der Waals surface area contributed by atoms with Crippen LogP contribution >= 0.6 is 0 Å². The molecular weight excluding hydrogens is 297 g/mol. The molecule has 0 N–H and O–H groups in total. The van der Waals surface area contributed by atoms with Crippen molar-refractivity contribution >= 4 is 0 Å². The molecule has 1 nitrogen and oxygen atoms in total. The van der Waals surface area contributed by atoms with Crippen molar-refractivity contribution in [1.82, 2.24) is 0 Å². The Morgan fingerprint density at radius 2 is 1.11 bits per heavy atom. The molecule has 108 valence electrons. The molecule has 0 aromatic heterocycles. The zero-order valence-corrected chi connectivity index (χ0v) is 7.64. The van der Waals surface area contributed by atoms with E-state index in [1.165, 1.54) is 0 Å². The minimum atomic E-state index is -6.83. The third-order valence-corrected chi connectivity index (χ3v) is 2.16. The Morgan fingerprint density at radius 1 is 0.722 bits per heavy atom. The number of ether oxygens (including phenoxy) is 1. The van der Waals surface area contributed by atoms with Gasteiger partial charge in [-0.3, -0.25) is 0 Å². The first-order valence-corrected chi connectivity index (χ1v) is 3.85. The second-order valence-electron chi connectivity index (χ2n) is 3.35. The van der Waals surface area contributed by atoms with Gasteiger partial charge < -0.3 is 4.74 Å². The standard InChI is InChI=1S/C6HF11O/c7-3(8,9)1-2(18-1,5(12,13)14)4(10,11)6(15,16)17/h1H. The number of alkyl halides is 11. The number of halogens is 11. The molecule has 0 aliphatic carbocycles. The van der Waals surface area contributed by atoms with Gasteiger partial charge in [0.1, 0.15) is 0 Å². The third kappa shape index (κ3) is 1.80. The van der Waals surface area contributed by atoms with E-state index in [4.69, 9.17) is 0 Å². The van der Waals surface area contributed by atoms with Crippen molar-refractivity contribution in [2.45, 2.75) is 36.2 Å². The maximum Gasteiger partial charge on any atom is 0.456 e. The molecule has 12 heteroatoms. The lowest BCUT2D eigenvalue weighted by molar-refractivity contribution is -0.351. The van der Waals surface area contributed by atoms with E-state index in [9.17, 15) is 48.3 Å². The van der Waals surface area contributed by atoms with Crippen LogP contribution in [0.15, 0.2) is 0 Å². The highest BCUT2D eigenvalue weighted by molar-refractivity contribution is 5.21. The third-order valence-electron chi connectivity index (χ3n) is 2.16. The first-order valence-electron chi connectivity index (χ1n) is 3.85. The van der Waals surface area contributed by atoms with E-state index in [2.05, 4.69) is 4.74 Å². The molecule has 1 saturated heterocycles. The maximum atomic E-state index is 12.6. The summed E-state index contributed by atoms with van der Waals surface area (Å²) < 4.78 is 135. The Morgan fingerprint density at radius 3 is 1.28 bits per heavy atom. The Bertz CT molecular complexity index is 335. The van der Waals surface area contributed by atoms with Gasteiger partial charge in [-0.05, 0) is 0 Å². The Kier molecular flexibility index (Phi) is 2.87. The molecule has 18 heavy (non-hydrogen) atoms. The van der Waals surface area contributed by atoms with Gasteiger partial charge in [0.2, 0.25) is 0 Å². The second kappa shape index (κ2) is 3.39. The number of epoxide rings is 1. The van der Waals surface area contributed by atoms with E-state index >= 15 is 0 Å². The van der Waals surface area contributed by atoms with Crippen molar-refractivity contribution in [2.75, 3.05) is 0 Å². The summed E-state index contributed by atoms with van der Waals surface area (Å²) in [6.45, 7) is 0. The maximum absolute atomic E-state index is 12.6. The normalized spacial score (nSPS) is 30.5. The fourth-order valence-electron chi connectivity index (χ4n) is 1.29. The van der Waals surface area contributed by atoms with Crippen molar-refractivity contribution in [3.05, 3.63) is 0 Å². The van der Waals surface area contributed by atoms with Crippen LogP contribution in [0.4, 0.5) is 48.3 Å². The molecule has 0 bridgehead atoms. The highest BCUT2D eigenvalue weighted by Gasteiger charge is 2.96. The average molecular weight is 298 g/mol. The number of hydrogen-bond acceptors (Lipinski definition) is 1. The number of hydrogen-bond donors (Lipinski definition) is 0. The van der Waals surface area contributed by atoms with Crippen LogP contribution in [0.5, 0.6) is 0 Å². The van der Waals surface area contributed by atoms with Crippen molar-refractivity contribution in [2.24, 2.45) is 0 Å². The predicted molar refractivity (Wildman–Crippen MR) is 30.7 cm³/mol. The summed E-state index contributed by atoms with van der Waals surface area (Å²) >= 11 is 0. The quantitative estimate of drug-likeness (QED) is 0.533. The Balaban J connectivity index is 3.30. The van der Waals surface area contributed by atoms with Crippen LogP contribution in [-0.4, -0.2) is 36.2 Å². The summed E-state index contributed by atoms with van der Waals surface area (Å²) in [6.07, 6.45) is -23.6. The summed E-state index contributed by atoms with van der Waals surface area (Å²) in [5.74, 6) is -6.71. The molecule has 2 unspecified atom stereocenters. The molecule has 0 saturated carbocycles. The Hall–Kier alpha value is -0.810. The minimum absolute atomic E-state index is 2.70. The summed E-state index contributed by atoms with van der Waals surface area (Å²) in [5, 5.41) is 0. The first-order chi connectivity index (χ1) is 7.59. The first kappa shape index (κ1) is 15.2. The molecule has 1 heterocycles. The van der Waals surface area contributed by atoms with Crippen molar-refractivity contribution < 1.29 is 53.0 Å². The lowest BCUT2D eigenvalue weighted by atomic mass is 9.95. The van der Waals surface area contributed by atoms with Gasteiger partial charge in [0, 0.05) is 0 Å². The molecule has 0 aromatic carbocycles. The van der Waals surface area contributed by atoms with Crippen LogP contribution in [-0.2, 0) is 4.74 Å². The summed E-state index contributed by atoms with van der Waals surface area (Å²) in [4.78, 5) is 0. The molecule has 2 atom stereocenters. The van der Waals surface area contributed by atoms with Gasteiger partial charge in [-0.25, -0.2) is 0 Å². The van der Waals surface area contributed by atoms with Crippen LogP contribution in [0.3, 0.4) is 0 Å². The van der Waals surface area contributed by atoms with E-state index in [1.807, 2.05) is 0 Å².